The highest BCUT2D eigenvalue weighted by atomic mass is 32.2. The van der Waals surface area contributed by atoms with Gasteiger partial charge in [-0.2, -0.15) is 21.6 Å². The van der Waals surface area contributed by atoms with Crippen LogP contribution in [0.2, 0.25) is 0 Å². The number of nitrogens with zero attached hydrogens (tertiary/aromatic N) is 1. The van der Waals surface area contributed by atoms with Gasteiger partial charge in [0.1, 0.15) is 5.78 Å². The van der Waals surface area contributed by atoms with Gasteiger partial charge in [0, 0.05) is 29.9 Å². The van der Waals surface area contributed by atoms with Gasteiger partial charge in [-0.05, 0) is 50.4 Å². The Balaban J connectivity index is 1.95. The van der Waals surface area contributed by atoms with Crippen LogP contribution in [0, 0.1) is 5.92 Å². The van der Waals surface area contributed by atoms with Crippen LogP contribution in [0.3, 0.4) is 0 Å². The minimum absolute atomic E-state index is 0.0323. The molecule has 2 fully saturated rings. The molecule has 1 unspecified atom stereocenters. The zero-order valence-electron chi connectivity index (χ0n) is 16.1. The third-order valence-corrected chi connectivity index (χ3v) is 7.68. The van der Waals surface area contributed by atoms with Gasteiger partial charge in [0.2, 0.25) is 0 Å². The first kappa shape index (κ1) is 20.5. The van der Waals surface area contributed by atoms with Crippen LogP contribution in [0.5, 0.6) is 11.5 Å². The number of likely N-dealkylation sites (N-methyl/N-ethyl adjacent to an activating group) is 1. The van der Waals surface area contributed by atoms with E-state index in [1.165, 1.54) is 13.2 Å². The average Bonchev–Trinajstić information content (AvgIpc) is 2.63. The van der Waals surface area contributed by atoms with E-state index < -0.39 is 26.8 Å². The Bertz CT molecular complexity index is 961. The van der Waals surface area contributed by atoms with E-state index in [1.54, 1.807) is 6.07 Å². The molecule has 0 N–H and O–H groups in total. The number of ether oxygens (including phenoxy) is 1. The Morgan fingerprint density at radius 2 is 2.00 bits per heavy atom. The van der Waals surface area contributed by atoms with E-state index in [4.69, 9.17) is 4.74 Å². The Morgan fingerprint density at radius 3 is 2.66 bits per heavy atom. The summed E-state index contributed by atoms with van der Waals surface area (Å²) in [5.41, 5.74) is -5.21. The number of hydrogen-bond donors (Lipinski definition) is 0. The summed E-state index contributed by atoms with van der Waals surface area (Å²) in [6, 6.07) is 3.31. The lowest BCUT2D eigenvalue weighted by atomic mass is 9.52. The first-order valence-corrected chi connectivity index (χ1v) is 10.8. The molecular formula is C19H22F3NO5S. The van der Waals surface area contributed by atoms with Crippen molar-refractivity contribution in [2.45, 2.75) is 49.1 Å². The molecule has 0 radical (unpaired) electrons. The molecule has 1 aromatic rings. The van der Waals surface area contributed by atoms with Crippen LogP contribution >= 0.6 is 0 Å². The van der Waals surface area contributed by atoms with Crippen molar-refractivity contribution in [1.82, 2.24) is 4.90 Å². The van der Waals surface area contributed by atoms with Gasteiger partial charge in [0.05, 0.1) is 7.11 Å². The smallest absolute Gasteiger partial charge is 0.493 e. The van der Waals surface area contributed by atoms with E-state index in [0.29, 0.717) is 43.4 Å². The van der Waals surface area contributed by atoms with E-state index in [0.717, 1.165) is 0 Å². The van der Waals surface area contributed by atoms with Gasteiger partial charge < -0.3 is 13.8 Å². The molecule has 1 saturated carbocycles. The second-order valence-corrected chi connectivity index (χ2v) is 9.67. The molecule has 0 spiro atoms. The summed E-state index contributed by atoms with van der Waals surface area (Å²) >= 11 is 0. The van der Waals surface area contributed by atoms with Gasteiger partial charge in [0.25, 0.3) is 0 Å². The van der Waals surface area contributed by atoms with Crippen molar-refractivity contribution in [3.8, 4) is 11.5 Å². The Kier molecular flexibility index (Phi) is 4.65. The lowest BCUT2D eigenvalue weighted by molar-refractivity contribution is -0.127. The number of hydrogen-bond acceptors (Lipinski definition) is 6. The number of fused-ring (bicyclic) bond motifs is 1. The van der Waals surface area contributed by atoms with Crippen molar-refractivity contribution in [3.05, 3.63) is 23.3 Å². The van der Waals surface area contributed by atoms with Gasteiger partial charge in [-0.25, -0.2) is 0 Å². The van der Waals surface area contributed by atoms with Gasteiger partial charge in [-0.15, -0.1) is 0 Å². The molecule has 3 atom stereocenters. The van der Waals surface area contributed by atoms with E-state index in [9.17, 15) is 26.4 Å². The fraction of sp³-hybridized carbons (Fsp3) is 0.632. The fourth-order valence-electron chi connectivity index (χ4n) is 5.49. The normalized spacial score (nSPS) is 29.8. The summed E-state index contributed by atoms with van der Waals surface area (Å²) in [6.07, 6.45) is 2.31. The number of Topliss-reactive ketones (excluding diaryl/α,β-unsaturated/α-hetero) is 1. The quantitative estimate of drug-likeness (QED) is 0.539. The summed E-state index contributed by atoms with van der Waals surface area (Å²) in [7, 11) is -2.63. The van der Waals surface area contributed by atoms with Crippen LogP contribution in [-0.4, -0.2) is 51.4 Å². The summed E-state index contributed by atoms with van der Waals surface area (Å²) < 4.78 is 72.8. The predicted molar refractivity (Wildman–Crippen MR) is 97.4 cm³/mol. The van der Waals surface area contributed by atoms with Crippen molar-refractivity contribution in [2.75, 3.05) is 20.7 Å². The molecule has 29 heavy (non-hydrogen) atoms. The molecule has 3 aliphatic rings. The SMILES string of the molecule is COc1ccc2c(c1OS(=O)(=O)C(F)(F)F)[C@]13CCN(C)[C@H](C2)C1CCC(=O)C3. The number of carbonyl (C=O) groups is 1. The number of halogens is 3. The van der Waals surface area contributed by atoms with Crippen LogP contribution in [0.25, 0.3) is 0 Å². The number of benzene rings is 1. The summed E-state index contributed by atoms with van der Waals surface area (Å²) in [6.45, 7) is 0.663. The molecule has 4 rings (SSSR count). The lowest BCUT2D eigenvalue weighted by Gasteiger charge is -2.58. The highest BCUT2D eigenvalue weighted by Crippen LogP contribution is 2.59. The van der Waals surface area contributed by atoms with Crippen LogP contribution in [0.1, 0.15) is 36.8 Å². The molecule has 2 aliphatic carbocycles. The van der Waals surface area contributed by atoms with Gasteiger partial charge in [-0.1, -0.05) is 6.07 Å². The van der Waals surface area contributed by atoms with Crippen LogP contribution < -0.4 is 8.92 Å². The number of likely N-dealkylation sites (tertiary alicyclic amines) is 1. The van der Waals surface area contributed by atoms with Crippen molar-refractivity contribution in [2.24, 2.45) is 5.92 Å². The Hall–Kier alpha value is -1.81. The first-order chi connectivity index (χ1) is 13.5. The highest BCUT2D eigenvalue weighted by Gasteiger charge is 2.57. The standard InChI is InChI=1S/C19H22F3NO5S/c1-23-8-7-18-10-12(24)4-5-13(18)14(23)9-11-3-6-15(27-2)17(16(11)18)28-29(25,26)19(20,21)22/h3,6,13-14H,4-5,7-10H2,1-2H3/t13?,14-,18+/m1/s1. The summed E-state index contributed by atoms with van der Waals surface area (Å²) in [5.74, 6) is -0.440. The maximum Gasteiger partial charge on any atom is 0.534 e. The van der Waals surface area contributed by atoms with Crippen LogP contribution in [0.4, 0.5) is 13.2 Å². The van der Waals surface area contributed by atoms with E-state index in [2.05, 4.69) is 9.08 Å². The first-order valence-electron chi connectivity index (χ1n) is 9.43. The largest absolute Gasteiger partial charge is 0.534 e. The molecule has 0 amide bonds. The van der Waals surface area contributed by atoms with E-state index in [1.807, 2.05) is 7.05 Å². The Labute approximate surface area is 167 Å². The zero-order valence-corrected chi connectivity index (χ0v) is 16.9. The van der Waals surface area contributed by atoms with Crippen molar-refractivity contribution >= 4 is 15.9 Å². The van der Waals surface area contributed by atoms with Gasteiger partial charge >= 0.3 is 15.6 Å². The third-order valence-electron chi connectivity index (χ3n) is 6.73. The van der Waals surface area contributed by atoms with Crippen LogP contribution in [-0.2, 0) is 26.7 Å². The van der Waals surface area contributed by atoms with Crippen LogP contribution in [0.15, 0.2) is 12.1 Å². The highest BCUT2D eigenvalue weighted by molar-refractivity contribution is 7.88. The molecule has 1 saturated heterocycles. The molecule has 1 aliphatic heterocycles. The van der Waals surface area contributed by atoms with E-state index >= 15 is 0 Å². The molecule has 10 heteroatoms. The number of methoxy groups -OCH3 is 1. The summed E-state index contributed by atoms with van der Waals surface area (Å²) in [4.78, 5) is 14.7. The average molecular weight is 433 g/mol. The summed E-state index contributed by atoms with van der Waals surface area (Å²) in [5, 5.41) is 0. The maximum atomic E-state index is 13.1. The minimum Gasteiger partial charge on any atom is -0.493 e. The zero-order chi connectivity index (χ0) is 21.2. The number of rotatable bonds is 3. The third kappa shape index (κ3) is 3.02. The number of alkyl halides is 3. The van der Waals surface area contributed by atoms with Crippen molar-refractivity contribution < 1.29 is 35.3 Å². The fourth-order valence-corrected chi connectivity index (χ4v) is 5.97. The van der Waals surface area contributed by atoms with Gasteiger partial charge in [0.15, 0.2) is 11.5 Å². The molecule has 6 nitrogen and oxygen atoms in total. The number of ketones is 1. The van der Waals surface area contributed by atoms with Crippen molar-refractivity contribution in [3.63, 3.8) is 0 Å². The number of piperidine rings is 1. The molecule has 2 bridgehead atoms. The molecule has 160 valence electrons. The van der Waals surface area contributed by atoms with Crippen molar-refractivity contribution in [1.29, 1.82) is 0 Å². The number of carbonyl (C=O) groups excluding carboxylic acids is 1. The molecule has 1 heterocycles. The van der Waals surface area contributed by atoms with Gasteiger partial charge in [-0.3, -0.25) is 4.79 Å². The monoisotopic (exact) mass is 433 g/mol. The second-order valence-electron chi connectivity index (χ2n) is 8.13. The molecular weight excluding hydrogens is 411 g/mol. The molecule has 1 aromatic carbocycles. The Morgan fingerprint density at radius 1 is 1.28 bits per heavy atom. The second kappa shape index (κ2) is 6.60. The van der Waals surface area contributed by atoms with E-state index in [-0.39, 0.29) is 29.9 Å². The predicted octanol–water partition coefficient (Wildman–Crippen LogP) is 2.79. The maximum absolute atomic E-state index is 13.1. The minimum atomic E-state index is -5.88. The molecule has 0 aromatic heterocycles. The topological polar surface area (TPSA) is 72.9 Å². The lowest BCUT2D eigenvalue weighted by Crippen LogP contribution is -2.61.